The Kier molecular flexibility index (Phi) is 7.92. The van der Waals surface area contributed by atoms with Gasteiger partial charge < -0.3 is 19.2 Å². The van der Waals surface area contributed by atoms with Crippen LogP contribution in [0, 0.1) is 18.8 Å². The predicted molar refractivity (Wildman–Crippen MR) is 141 cm³/mol. The predicted octanol–water partition coefficient (Wildman–Crippen LogP) is 4.01. The van der Waals surface area contributed by atoms with Gasteiger partial charge in [0.1, 0.15) is 18.1 Å². The van der Waals surface area contributed by atoms with Crippen molar-refractivity contribution in [2.75, 3.05) is 25.2 Å². The lowest BCUT2D eigenvalue weighted by Crippen LogP contribution is -2.44. The van der Waals surface area contributed by atoms with Gasteiger partial charge in [-0.25, -0.2) is 4.79 Å². The van der Waals surface area contributed by atoms with E-state index < -0.39 is 29.6 Å². The van der Waals surface area contributed by atoms with Crippen molar-refractivity contribution in [3.05, 3.63) is 68.4 Å². The number of esters is 2. The van der Waals surface area contributed by atoms with Crippen LogP contribution in [0.4, 0.5) is 0 Å². The normalized spacial score (nSPS) is 21.5. The Bertz CT molecular complexity index is 1390. The molecule has 9 heteroatoms. The topological polar surface area (TPSA) is 112 Å². The molecule has 0 bridgehead atoms. The van der Waals surface area contributed by atoms with E-state index in [0.717, 1.165) is 11.3 Å². The number of hydrogen-bond acceptors (Lipinski definition) is 9. The summed E-state index contributed by atoms with van der Waals surface area (Å²) >= 11 is 1.64. The standard InChI is InChI=1S/C28H31NO7S/c1-6-37-10-9-35-28(33)22-16(4)29-19-12-15(3)21(27(32)34-5)26(31)24(19)23(22)18-13-36-20-8-7-14(2)11-17(20)25(18)30/h7-8,11,13,15,21,23,29H,6,9-10,12H2,1-5H3/t15-,21+,23-/m1/s1. The van der Waals surface area contributed by atoms with Crippen LogP contribution in [-0.4, -0.2) is 42.9 Å². The summed E-state index contributed by atoms with van der Waals surface area (Å²) in [5.74, 6) is -2.64. The molecule has 2 aliphatic rings. The maximum absolute atomic E-state index is 13.8. The minimum Gasteiger partial charge on any atom is -0.468 e. The van der Waals surface area contributed by atoms with Crippen molar-refractivity contribution in [1.29, 1.82) is 0 Å². The molecule has 4 rings (SSSR count). The third-order valence-electron chi connectivity index (χ3n) is 6.89. The summed E-state index contributed by atoms with van der Waals surface area (Å²) in [4.78, 5) is 53.6. The lowest BCUT2D eigenvalue weighted by atomic mass is 9.69. The van der Waals surface area contributed by atoms with Crippen LogP contribution in [0.5, 0.6) is 0 Å². The summed E-state index contributed by atoms with van der Waals surface area (Å²) < 4.78 is 16.3. The number of nitrogens with one attached hydrogen (secondary N) is 1. The second-order valence-corrected chi connectivity index (χ2v) is 10.8. The number of rotatable bonds is 7. The van der Waals surface area contributed by atoms with Crippen LogP contribution in [0.3, 0.4) is 0 Å². The fourth-order valence-corrected chi connectivity index (χ4v) is 5.63. The molecule has 0 spiro atoms. The van der Waals surface area contributed by atoms with Gasteiger partial charge in [0.15, 0.2) is 11.2 Å². The number of carbonyl (C=O) groups excluding carboxylic acids is 3. The van der Waals surface area contributed by atoms with Gasteiger partial charge >= 0.3 is 11.9 Å². The van der Waals surface area contributed by atoms with Crippen LogP contribution >= 0.6 is 11.8 Å². The third-order valence-corrected chi connectivity index (χ3v) is 7.76. The van der Waals surface area contributed by atoms with Gasteiger partial charge in [0.25, 0.3) is 0 Å². The molecule has 1 aromatic carbocycles. The number of dihydropyridines is 1. The van der Waals surface area contributed by atoms with E-state index in [9.17, 15) is 19.2 Å². The number of ether oxygens (including phenoxy) is 2. The Morgan fingerprint density at radius 2 is 1.97 bits per heavy atom. The van der Waals surface area contributed by atoms with Gasteiger partial charge in [-0.15, -0.1) is 0 Å². The highest BCUT2D eigenvalue weighted by Gasteiger charge is 2.48. The molecule has 1 aromatic heterocycles. The molecule has 8 nitrogen and oxygen atoms in total. The van der Waals surface area contributed by atoms with Gasteiger partial charge in [-0.2, -0.15) is 11.8 Å². The number of Topliss-reactive ketones (excluding diaryl/α,β-unsaturated/α-hetero) is 1. The Labute approximate surface area is 219 Å². The Balaban J connectivity index is 1.90. The summed E-state index contributed by atoms with van der Waals surface area (Å²) in [5.41, 5.74) is 2.52. The van der Waals surface area contributed by atoms with Crippen molar-refractivity contribution in [3.8, 4) is 0 Å². The molecular weight excluding hydrogens is 494 g/mol. The van der Waals surface area contributed by atoms with Crippen LogP contribution in [0.25, 0.3) is 11.0 Å². The minimum atomic E-state index is -1.05. The number of carbonyl (C=O) groups is 3. The number of methoxy groups -OCH3 is 1. The Morgan fingerprint density at radius 1 is 1.22 bits per heavy atom. The SMILES string of the molecule is CCSCCOC(=O)C1=C(C)NC2=C(C(=O)[C@@H](C(=O)OC)[C@H](C)C2)[C@@H]1c1coc2ccc(C)cc2c1=O. The van der Waals surface area contributed by atoms with E-state index in [0.29, 0.717) is 34.5 Å². The van der Waals surface area contributed by atoms with Gasteiger partial charge in [0.2, 0.25) is 0 Å². The molecule has 0 radical (unpaired) electrons. The first-order valence-electron chi connectivity index (χ1n) is 12.3. The highest BCUT2D eigenvalue weighted by molar-refractivity contribution is 7.99. The molecule has 0 unspecified atom stereocenters. The number of ketones is 1. The molecular formula is C28H31NO7S. The molecule has 37 heavy (non-hydrogen) atoms. The van der Waals surface area contributed by atoms with Gasteiger partial charge in [-0.3, -0.25) is 14.4 Å². The molecule has 0 fully saturated rings. The average Bonchev–Trinajstić information content (AvgIpc) is 2.86. The van der Waals surface area contributed by atoms with Crippen molar-refractivity contribution in [3.63, 3.8) is 0 Å². The summed E-state index contributed by atoms with van der Waals surface area (Å²) in [5, 5.41) is 3.55. The summed E-state index contributed by atoms with van der Waals surface area (Å²) in [6.07, 6.45) is 1.69. The van der Waals surface area contributed by atoms with E-state index in [1.165, 1.54) is 13.4 Å². The number of aryl methyl sites for hydroxylation is 1. The van der Waals surface area contributed by atoms with Crippen LogP contribution in [0.2, 0.25) is 0 Å². The van der Waals surface area contributed by atoms with Crippen molar-refractivity contribution in [2.24, 2.45) is 11.8 Å². The smallest absolute Gasteiger partial charge is 0.336 e. The quantitative estimate of drug-likeness (QED) is 0.325. The van der Waals surface area contributed by atoms with Crippen molar-refractivity contribution in [1.82, 2.24) is 5.32 Å². The Morgan fingerprint density at radius 3 is 2.68 bits per heavy atom. The summed E-state index contributed by atoms with van der Waals surface area (Å²) in [6, 6.07) is 5.27. The summed E-state index contributed by atoms with van der Waals surface area (Å²) in [7, 11) is 1.24. The minimum absolute atomic E-state index is 0.146. The highest BCUT2D eigenvalue weighted by Crippen LogP contribution is 2.45. The number of thioether (sulfide) groups is 1. The van der Waals surface area contributed by atoms with Gasteiger partial charge in [-0.05, 0) is 44.1 Å². The van der Waals surface area contributed by atoms with Crippen LogP contribution in [-0.2, 0) is 23.9 Å². The fraction of sp³-hybridized carbons (Fsp3) is 0.429. The molecule has 0 saturated heterocycles. The molecule has 1 aliphatic carbocycles. The summed E-state index contributed by atoms with van der Waals surface area (Å²) in [6.45, 7) is 7.60. The molecule has 1 N–H and O–H groups in total. The van der Waals surface area contributed by atoms with Gasteiger partial charge in [-0.1, -0.05) is 25.5 Å². The van der Waals surface area contributed by atoms with Crippen molar-refractivity contribution >= 4 is 40.5 Å². The first-order valence-corrected chi connectivity index (χ1v) is 13.4. The van der Waals surface area contributed by atoms with Gasteiger partial charge in [0.05, 0.1) is 30.3 Å². The van der Waals surface area contributed by atoms with E-state index in [1.807, 2.05) is 19.9 Å². The highest BCUT2D eigenvalue weighted by atomic mass is 32.2. The number of benzene rings is 1. The zero-order chi connectivity index (χ0) is 26.9. The lowest BCUT2D eigenvalue weighted by Gasteiger charge is -2.37. The molecule has 3 atom stereocenters. The van der Waals surface area contributed by atoms with Crippen molar-refractivity contribution in [2.45, 2.75) is 40.0 Å². The zero-order valence-corrected chi connectivity index (χ0v) is 22.5. The van der Waals surface area contributed by atoms with Crippen LogP contribution < -0.4 is 10.7 Å². The molecule has 196 valence electrons. The van der Waals surface area contributed by atoms with E-state index in [1.54, 1.807) is 37.7 Å². The molecule has 0 saturated carbocycles. The number of allylic oxidation sites excluding steroid dienone is 3. The molecule has 1 aliphatic heterocycles. The van der Waals surface area contributed by atoms with Crippen LogP contribution in [0.1, 0.15) is 44.2 Å². The molecule has 2 heterocycles. The van der Waals surface area contributed by atoms with E-state index in [4.69, 9.17) is 13.9 Å². The number of hydrogen-bond donors (Lipinski definition) is 1. The van der Waals surface area contributed by atoms with Crippen molar-refractivity contribution < 1.29 is 28.3 Å². The number of fused-ring (bicyclic) bond motifs is 1. The monoisotopic (exact) mass is 525 g/mol. The Hall–Kier alpha value is -3.33. The van der Waals surface area contributed by atoms with Gasteiger partial charge in [0, 0.05) is 28.3 Å². The second kappa shape index (κ2) is 11.0. The second-order valence-electron chi connectivity index (χ2n) is 9.39. The first-order chi connectivity index (χ1) is 17.7. The largest absolute Gasteiger partial charge is 0.468 e. The van der Waals surface area contributed by atoms with Crippen LogP contribution in [0.15, 0.2) is 56.2 Å². The average molecular weight is 526 g/mol. The molecule has 0 amide bonds. The third kappa shape index (κ3) is 4.97. The van der Waals surface area contributed by atoms with E-state index in [-0.39, 0.29) is 34.7 Å². The molecule has 2 aromatic rings. The van der Waals surface area contributed by atoms with E-state index >= 15 is 0 Å². The zero-order valence-electron chi connectivity index (χ0n) is 21.6. The first kappa shape index (κ1) is 26.7. The van der Waals surface area contributed by atoms with E-state index in [2.05, 4.69) is 5.32 Å². The maximum atomic E-state index is 13.8. The lowest BCUT2D eigenvalue weighted by molar-refractivity contribution is -0.151. The maximum Gasteiger partial charge on any atom is 0.336 e. The fourth-order valence-electron chi connectivity index (χ4n) is 5.14.